The van der Waals surface area contributed by atoms with Crippen LogP contribution in [0.5, 0.6) is 11.5 Å². The van der Waals surface area contributed by atoms with Crippen LogP contribution in [-0.4, -0.2) is 33.2 Å². The lowest BCUT2D eigenvalue weighted by Crippen LogP contribution is -2.69. The van der Waals surface area contributed by atoms with Crippen molar-refractivity contribution in [1.82, 2.24) is 0 Å². The Balaban J connectivity index is 2.08. The first-order valence-corrected chi connectivity index (χ1v) is 16.2. The third kappa shape index (κ3) is 5.37. The van der Waals surface area contributed by atoms with Crippen molar-refractivity contribution in [2.75, 3.05) is 0 Å². The van der Waals surface area contributed by atoms with Gasteiger partial charge in [-0.2, -0.15) is 0 Å². The molecule has 2 N–H and O–H groups in total. The van der Waals surface area contributed by atoms with E-state index >= 15 is 9.59 Å². The summed E-state index contributed by atoms with van der Waals surface area (Å²) in [5, 5.41) is 20.2. The highest BCUT2D eigenvalue weighted by atomic mass is 16.5. The average molecular weight is 605 g/mol. The van der Waals surface area contributed by atoms with Crippen LogP contribution in [0.2, 0.25) is 0 Å². The molecule has 0 aromatic heterocycles. The number of fused-ring (bicyclic) bond motifs is 1. The van der Waals surface area contributed by atoms with Crippen LogP contribution in [0.4, 0.5) is 0 Å². The van der Waals surface area contributed by atoms with Crippen molar-refractivity contribution in [3.8, 4) is 11.5 Å². The monoisotopic (exact) mass is 604 g/mol. The molecule has 0 amide bonds. The van der Waals surface area contributed by atoms with Gasteiger partial charge in [0.25, 0.3) is 0 Å². The first kappa shape index (κ1) is 33.7. The molecule has 4 unspecified atom stereocenters. The molecule has 3 aliphatic rings. The second-order valence-corrected chi connectivity index (χ2v) is 15.6. The zero-order chi connectivity index (χ0) is 33.0. The number of carbonyl (C=O) groups is 3. The molecule has 4 rings (SSSR count). The summed E-state index contributed by atoms with van der Waals surface area (Å²) in [6.07, 6.45) is 7.95. The molecule has 1 heterocycles. The molecule has 240 valence electrons. The minimum atomic E-state index is -1.45. The quantitative estimate of drug-likeness (QED) is 0.0962. The Bertz CT molecular complexity index is 1450. The van der Waals surface area contributed by atoms with Crippen LogP contribution in [0.15, 0.2) is 52.8 Å². The molecule has 2 fully saturated rings. The van der Waals surface area contributed by atoms with Crippen molar-refractivity contribution in [1.29, 1.82) is 0 Å². The Labute approximate surface area is 263 Å². The zero-order valence-corrected chi connectivity index (χ0v) is 28.4. The van der Waals surface area contributed by atoms with Crippen LogP contribution in [0.3, 0.4) is 0 Å². The molecular formula is C38H52O6. The minimum Gasteiger partial charge on any atom is -0.504 e. The van der Waals surface area contributed by atoms with Crippen LogP contribution >= 0.6 is 0 Å². The summed E-state index contributed by atoms with van der Waals surface area (Å²) in [6.45, 7) is 20.5. The van der Waals surface area contributed by atoms with Crippen LogP contribution in [0.25, 0.3) is 0 Å². The van der Waals surface area contributed by atoms with E-state index in [2.05, 4.69) is 33.8 Å². The maximum Gasteiger partial charge on any atom is 0.200 e. The molecule has 2 bridgehead atoms. The van der Waals surface area contributed by atoms with Gasteiger partial charge in [0, 0.05) is 11.5 Å². The van der Waals surface area contributed by atoms with E-state index in [0.717, 1.165) is 24.8 Å². The molecule has 0 radical (unpaired) electrons. The highest BCUT2D eigenvalue weighted by Gasteiger charge is 2.74. The fourth-order valence-corrected chi connectivity index (χ4v) is 7.96. The van der Waals surface area contributed by atoms with Crippen molar-refractivity contribution in [2.45, 2.75) is 113 Å². The van der Waals surface area contributed by atoms with Crippen LogP contribution in [-0.2, 0) is 14.3 Å². The molecule has 1 saturated heterocycles. The fraction of sp³-hybridized carbons (Fsp3) is 0.605. The predicted molar refractivity (Wildman–Crippen MR) is 173 cm³/mol. The summed E-state index contributed by atoms with van der Waals surface area (Å²) >= 11 is 0. The van der Waals surface area contributed by atoms with Gasteiger partial charge in [0.1, 0.15) is 22.3 Å². The van der Waals surface area contributed by atoms with Gasteiger partial charge in [0.2, 0.25) is 0 Å². The number of hydrogen-bond acceptors (Lipinski definition) is 6. The number of aromatic hydroxyl groups is 2. The van der Waals surface area contributed by atoms with E-state index in [1.54, 1.807) is 0 Å². The maximum absolute atomic E-state index is 15.3. The van der Waals surface area contributed by atoms with Crippen molar-refractivity contribution in [2.24, 2.45) is 34.0 Å². The number of rotatable bonds is 9. The topological polar surface area (TPSA) is 101 Å². The molecule has 1 saturated carbocycles. The SMILES string of the molecule is CC(C)=CCC1CC23CC(CCC(C)C)C(C)(C)C(CC=C(C)C)(C(=O)C(C(=O)c4ccc(O)c(O)c4)=C2OC1(C)C)C3=O. The lowest BCUT2D eigenvalue weighted by Gasteiger charge is -2.64. The smallest absolute Gasteiger partial charge is 0.200 e. The minimum absolute atomic E-state index is 0.0134. The molecule has 6 nitrogen and oxygen atoms in total. The maximum atomic E-state index is 15.3. The average Bonchev–Trinajstić information content (AvgIpc) is 2.91. The molecule has 6 heteroatoms. The van der Waals surface area contributed by atoms with Gasteiger partial charge in [-0.05, 0) is 109 Å². The normalized spacial score (nSPS) is 28.7. The van der Waals surface area contributed by atoms with E-state index < -0.39 is 39.2 Å². The van der Waals surface area contributed by atoms with Crippen molar-refractivity contribution in [3.63, 3.8) is 0 Å². The number of Topliss-reactive ketones (excluding diaryl/α,β-unsaturated/α-hetero) is 3. The van der Waals surface area contributed by atoms with Gasteiger partial charge >= 0.3 is 0 Å². The Morgan fingerprint density at radius 3 is 2.14 bits per heavy atom. The van der Waals surface area contributed by atoms with Gasteiger partial charge in [0.15, 0.2) is 28.8 Å². The van der Waals surface area contributed by atoms with Crippen LogP contribution in [0, 0.1) is 34.0 Å². The molecule has 2 aliphatic carbocycles. The number of phenolic OH excluding ortho intramolecular Hbond substituents is 2. The van der Waals surface area contributed by atoms with E-state index in [1.807, 2.05) is 47.6 Å². The van der Waals surface area contributed by atoms with Gasteiger partial charge in [-0.25, -0.2) is 0 Å². The standard InChI is InChI=1S/C38H52O6/c1-22(2)11-14-26-20-37-21-27(15-12-23(3)4)36(9,10)44-33(37)30(31(41)25-13-16-28(39)29(40)19-25)32(42)38(34(37)43,35(26,7)8)18-17-24(5)6/h12-13,16-17,19,22,26-27,39-40H,11,14-15,18,20-21H2,1-10H3. The van der Waals surface area contributed by atoms with E-state index in [0.29, 0.717) is 18.8 Å². The van der Waals surface area contributed by atoms with E-state index in [-0.39, 0.29) is 46.7 Å². The van der Waals surface area contributed by atoms with Crippen LogP contribution < -0.4 is 0 Å². The van der Waals surface area contributed by atoms with E-state index in [4.69, 9.17) is 4.74 Å². The van der Waals surface area contributed by atoms with Gasteiger partial charge < -0.3 is 14.9 Å². The Morgan fingerprint density at radius 1 is 0.955 bits per heavy atom. The second kappa shape index (κ2) is 11.7. The number of benzene rings is 1. The van der Waals surface area contributed by atoms with Gasteiger partial charge in [-0.15, -0.1) is 0 Å². The summed E-state index contributed by atoms with van der Waals surface area (Å²) < 4.78 is 6.82. The summed E-state index contributed by atoms with van der Waals surface area (Å²) in [5.41, 5.74) is -1.88. The van der Waals surface area contributed by atoms with Crippen molar-refractivity contribution >= 4 is 17.3 Å². The largest absolute Gasteiger partial charge is 0.504 e. The lowest BCUT2D eigenvalue weighted by molar-refractivity contribution is -0.189. The number of ketones is 3. The van der Waals surface area contributed by atoms with Crippen molar-refractivity contribution < 1.29 is 29.3 Å². The van der Waals surface area contributed by atoms with Gasteiger partial charge in [0.05, 0.1) is 5.41 Å². The van der Waals surface area contributed by atoms with E-state index in [9.17, 15) is 15.0 Å². The van der Waals surface area contributed by atoms with Gasteiger partial charge in [-0.1, -0.05) is 57.4 Å². The Hall–Kier alpha value is -3.15. The molecule has 1 aliphatic heterocycles. The molecule has 1 spiro atoms. The number of hydrogen-bond donors (Lipinski definition) is 2. The molecule has 1 aromatic carbocycles. The number of phenols is 2. The first-order chi connectivity index (χ1) is 20.3. The zero-order valence-electron chi connectivity index (χ0n) is 28.4. The number of carbonyl (C=O) groups excluding carboxylic acids is 3. The first-order valence-electron chi connectivity index (χ1n) is 16.2. The molecular weight excluding hydrogens is 552 g/mol. The highest BCUT2D eigenvalue weighted by Crippen LogP contribution is 2.69. The summed E-state index contributed by atoms with van der Waals surface area (Å²) in [4.78, 5) is 45.0. The number of allylic oxidation sites excluding steroid dienone is 6. The lowest BCUT2D eigenvalue weighted by atomic mass is 9.38. The van der Waals surface area contributed by atoms with E-state index in [1.165, 1.54) is 23.8 Å². The Morgan fingerprint density at radius 2 is 1.57 bits per heavy atom. The second-order valence-electron chi connectivity index (χ2n) is 15.6. The van der Waals surface area contributed by atoms with Crippen LogP contribution in [0.1, 0.15) is 118 Å². The molecule has 1 aromatic rings. The van der Waals surface area contributed by atoms with Crippen molar-refractivity contribution in [3.05, 3.63) is 58.4 Å². The fourth-order valence-electron chi connectivity index (χ4n) is 7.96. The molecule has 4 atom stereocenters. The summed E-state index contributed by atoms with van der Waals surface area (Å²) in [7, 11) is 0. The number of ether oxygens (including phenoxy) is 1. The summed E-state index contributed by atoms with van der Waals surface area (Å²) in [6, 6.07) is 3.83. The van der Waals surface area contributed by atoms with Gasteiger partial charge in [-0.3, -0.25) is 14.4 Å². The third-order valence-electron chi connectivity index (χ3n) is 10.9. The summed E-state index contributed by atoms with van der Waals surface area (Å²) in [5.74, 6) is -1.28. The highest BCUT2D eigenvalue weighted by molar-refractivity contribution is 6.35. The third-order valence-corrected chi connectivity index (χ3v) is 10.9. The molecule has 44 heavy (non-hydrogen) atoms. The Kier molecular flexibility index (Phi) is 8.93. The predicted octanol–water partition coefficient (Wildman–Crippen LogP) is 8.67.